The van der Waals surface area contributed by atoms with Crippen molar-refractivity contribution in [1.82, 2.24) is 29.2 Å². The fourth-order valence-corrected chi connectivity index (χ4v) is 4.66. The second kappa shape index (κ2) is 10.4. The first-order chi connectivity index (χ1) is 18.9. The number of carbonyl (C=O) groups excluding carboxylic acids is 1. The van der Waals surface area contributed by atoms with Crippen LogP contribution in [-0.2, 0) is 11.3 Å². The average Bonchev–Trinajstić information content (AvgIpc) is 3.48. The number of carbonyl (C=O) groups is 1. The normalized spacial score (nSPS) is 14.8. The van der Waals surface area contributed by atoms with Gasteiger partial charge in [-0.2, -0.15) is 8.78 Å². The number of hydrogen-bond donors (Lipinski definition) is 0. The van der Waals surface area contributed by atoms with E-state index >= 15 is 0 Å². The SMILES string of the molecule is CC(C)(C)OC(=O)N1CCC(n2c(=O)n(Cc3ccc(-c4nnc(C(F)F)o4)cn3)c3cc(F)c(F)cc32)CC1. The van der Waals surface area contributed by atoms with Gasteiger partial charge in [-0.15, -0.1) is 10.2 Å². The second-order valence-electron chi connectivity index (χ2n) is 10.5. The van der Waals surface area contributed by atoms with Gasteiger partial charge in [-0.1, -0.05) is 0 Å². The van der Waals surface area contributed by atoms with E-state index in [-0.39, 0.29) is 29.5 Å². The number of benzene rings is 1. The molecule has 0 saturated carbocycles. The van der Waals surface area contributed by atoms with Gasteiger partial charge >= 0.3 is 18.2 Å². The third kappa shape index (κ3) is 5.42. The first kappa shape index (κ1) is 27.3. The van der Waals surface area contributed by atoms with E-state index in [4.69, 9.17) is 9.15 Å². The number of amides is 1. The van der Waals surface area contributed by atoms with Gasteiger partial charge in [0.2, 0.25) is 5.89 Å². The zero-order valence-corrected chi connectivity index (χ0v) is 21.9. The molecule has 0 bridgehead atoms. The molecule has 0 spiro atoms. The lowest BCUT2D eigenvalue weighted by Crippen LogP contribution is -2.43. The van der Waals surface area contributed by atoms with Crippen molar-refractivity contribution in [1.29, 1.82) is 0 Å². The van der Waals surface area contributed by atoms with Crippen molar-refractivity contribution in [2.45, 2.75) is 58.2 Å². The molecule has 1 saturated heterocycles. The number of fused-ring (bicyclic) bond motifs is 1. The number of halogens is 4. The Hall–Kier alpha value is -4.23. The van der Waals surface area contributed by atoms with E-state index in [1.165, 1.54) is 27.5 Å². The van der Waals surface area contributed by atoms with Crippen LogP contribution in [0.1, 0.15) is 57.7 Å². The van der Waals surface area contributed by atoms with Crippen LogP contribution in [0, 0.1) is 11.6 Å². The third-order valence-corrected chi connectivity index (χ3v) is 6.51. The van der Waals surface area contributed by atoms with E-state index in [0.717, 1.165) is 12.1 Å². The van der Waals surface area contributed by atoms with E-state index in [9.17, 15) is 27.2 Å². The lowest BCUT2D eigenvalue weighted by atomic mass is 10.0. The van der Waals surface area contributed by atoms with Crippen LogP contribution in [0.2, 0.25) is 0 Å². The lowest BCUT2D eigenvalue weighted by Gasteiger charge is -2.33. The van der Waals surface area contributed by atoms with Gasteiger partial charge in [-0.3, -0.25) is 14.1 Å². The number of nitrogens with zero attached hydrogens (tertiary/aromatic N) is 6. The van der Waals surface area contributed by atoms with Gasteiger partial charge in [0.05, 0.1) is 28.8 Å². The molecule has 0 unspecified atom stereocenters. The molecule has 5 rings (SSSR count). The van der Waals surface area contributed by atoms with Gasteiger partial charge in [-0.25, -0.2) is 18.4 Å². The van der Waals surface area contributed by atoms with Crippen molar-refractivity contribution in [3.8, 4) is 11.5 Å². The van der Waals surface area contributed by atoms with Crippen LogP contribution in [-0.4, -0.2) is 54.0 Å². The molecule has 212 valence electrons. The largest absolute Gasteiger partial charge is 0.444 e. The molecular weight excluding hydrogens is 536 g/mol. The molecule has 0 atom stereocenters. The molecule has 1 amide bonds. The summed E-state index contributed by atoms with van der Waals surface area (Å²) in [5.74, 6) is -3.15. The van der Waals surface area contributed by atoms with E-state index in [1.54, 1.807) is 25.7 Å². The quantitative estimate of drug-likeness (QED) is 0.312. The number of ether oxygens (including phenoxy) is 1. The summed E-state index contributed by atoms with van der Waals surface area (Å²) < 4.78 is 67.2. The van der Waals surface area contributed by atoms with Gasteiger partial charge < -0.3 is 14.1 Å². The van der Waals surface area contributed by atoms with Crippen LogP contribution in [0.4, 0.5) is 22.4 Å². The summed E-state index contributed by atoms with van der Waals surface area (Å²) in [5.41, 5.74) is -0.0398. The fourth-order valence-electron chi connectivity index (χ4n) is 4.66. The lowest BCUT2D eigenvalue weighted by molar-refractivity contribution is 0.0188. The summed E-state index contributed by atoms with van der Waals surface area (Å²) in [4.78, 5) is 31.9. The number of piperidine rings is 1. The molecular formula is C26H26F4N6O4. The monoisotopic (exact) mass is 562 g/mol. The van der Waals surface area contributed by atoms with Crippen LogP contribution < -0.4 is 5.69 Å². The summed E-state index contributed by atoms with van der Waals surface area (Å²) in [7, 11) is 0. The molecule has 4 aromatic rings. The minimum atomic E-state index is -2.91. The Kier molecular flexibility index (Phi) is 7.10. The molecule has 0 aliphatic carbocycles. The molecule has 1 aliphatic rings. The molecule has 1 fully saturated rings. The highest BCUT2D eigenvalue weighted by Crippen LogP contribution is 2.29. The minimum absolute atomic E-state index is 0.0729. The van der Waals surface area contributed by atoms with E-state index < -0.39 is 41.3 Å². The van der Waals surface area contributed by atoms with E-state index in [0.29, 0.717) is 37.2 Å². The van der Waals surface area contributed by atoms with Gasteiger partial charge in [0.25, 0.3) is 5.89 Å². The number of alkyl halides is 2. The number of aromatic nitrogens is 5. The van der Waals surface area contributed by atoms with Crippen LogP contribution >= 0.6 is 0 Å². The number of rotatable bonds is 5. The van der Waals surface area contributed by atoms with Crippen molar-refractivity contribution >= 4 is 17.1 Å². The highest BCUT2D eigenvalue weighted by molar-refractivity contribution is 5.77. The topological polar surface area (TPSA) is 108 Å². The summed E-state index contributed by atoms with van der Waals surface area (Å²) in [6.45, 7) is 5.91. The Balaban J connectivity index is 1.42. The highest BCUT2D eigenvalue weighted by Gasteiger charge is 2.30. The molecule has 0 N–H and O–H groups in total. The molecule has 0 radical (unpaired) electrons. The number of pyridine rings is 1. The number of likely N-dealkylation sites (tertiary alicyclic amines) is 1. The van der Waals surface area contributed by atoms with Gasteiger partial charge in [0, 0.05) is 37.5 Å². The summed E-state index contributed by atoms with van der Waals surface area (Å²) >= 11 is 0. The Bertz CT molecular complexity index is 1600. The summed E-state index contributed by atoms with van der Waals surface area (Å²) in [5, 5.41) is 6.86. The smallest absolute Gasteiger partial charge is 0.410 e. The van der Waals surface area contributed by atoms with Gasteiger partial charge in [0.1, 0.15) is 5.60 Å². The fraction of sp³-hybridized carbons (Fsp3) is 0.423. The molecule has 1 aromatic carbocycles. The maximum absolute atomic E-state index is 14.3. The molecule has 40 heavy (non-hydrogen) atoms. The minimum Gasteiger partial charge on any atom is -0.444 e. The van der Waals surface area contributed by atoms with E-state index in [1.807, 2.05) is 0 Å². The predicted octanol–water partition coefficient (Wildman–Crippen LogP) is 5.08. The number of imidazole rings is 1. The van der Waals surface area contributed by atoms with Crippen molar-refractivity contribution < 1.29 is 31.5 Å². The maximum atomic E-state index is 14.3. The Morgan fingerprint density at radius 3 is 2.35 bits per heavy atom. The van der Waals surface area contributed by atoms with Gasteiger partial charge in [0.15, 0.2) is 11.6 Å². The van der Waals surface area contributed by atoms with Crippen LogP contribution in [0.25, 0.3) is 22.5 Å². The molecule has 14 heteroatoms. The standard InChI is InChI=1S/C26H26F4N6O4/c1-26(2,3)40-25(38)34-8-6-16(7-9-34)36-20-11-18(28)17(27)10-19(20)35(24(36)37)13-15-5-4-14(12-31-15)22-32-33-23(39-22)21(29)30/h4-5,10-12,16,21H,6-9,13H2,1-3H3. The molecule has 3 aromatic heterocycles. The Morgan fingerprint density at radius 1 is 1.10 bits per heavy atom. The molecule has 1 aliphatic heterocycles. The average molecular weight is 563 g/mol. The summed E-state index contributed by atoms with van der Waals surface area (Å²) in [6.07, 6.45) is -1.21. The Morgan fingerprint density at radius 2 is 1.77 bits per heavy atom. The van der Waals surface area contributed by atoms with Crippen molar-refractivity contribution in [3.05, 3.63) is 64.2 Å². The zero-order chi connectivity index (χ0) is 28.8. The highest BCUT2D eigenvalue weighted by atomic mass is 19.3. The van der Waals surface area contributed by atoms with Crippen LogP contribution in [0.3, 0.4) is 0 Å². The van der Waals surface area contributed by atoms with Crippen molar-refractivity contribution in [2.24, 2.45) is 0 Å². The van der Waals surface area contributed by atoms with Crippen molar-refractivity contribution in [3.63, 3.8) is 0 Å². The first-order valence-electron chi connectivity index (χ1n) is 12.6. The Labute approximate surface area is 225 Å². The zero-order valence-electron chi connectivity index (χ0n) is 21.9. The van der Waals surface area contributed by atoms with Crippen LogP contribution in [0.15, 0.2) is 39.7 Å². The maximum Gasteiger partial charge on any atom is 0.410 e. The third-order valence-electron chi connectivity index (χ3n) is 6.51. The predicted molar refractivity (Wildman–Crippen MR) is 134 cm³/mol. The molecule has 4 heterocycles. The van der Waals surface area contributed by atoms with Crippen molar-refractivity contribution in [2.75, 3.05) is 13.1 Å². The number of hydrogen-bond acceptors (Lipinski definition) is 7. The summed E-state index contributed by atoms with van der Waals surface area (Å²) in [6, 6.07) is 4.65. The first-order valence-corrected chi connectivity index (χ1v) is 12.6. The van der Waals surface area contributed by atoms with E-state index in [2.05, 4.69) is 15.2 Å². The van der Waals surface area contributed by atoms with Crippen LogP contribution in [0.5, 0.6) is 0 Å². The molecule has 10 nitrogen and oxygen atoms in total. The second-order valence-corrected chi connectivity index (χ2v) is 10.5. The van der Waals surface area contributed by atoms with Gasteiger partial charge in [-0.05, 0) is 45.7 Å².